The minimum atomic E-state index is -5.26. The molecule has 3 aliphatic rings. The van der Waals surface area contributed by atoms with Gasteiger partial charge < -0.3 is 45.4 Å². The molecular weight excluding hydrogens is 663 g/mol. The molecule has 0 saturated carbocycles. The second-order valence-corrected chi connectivity index (χ2v) is 11.9. The third-order valence-corrected chi connectivity index (χ3v) is 8.82. The molecule has 49 heavy (non-hydrogen) atoms. The zero-order chi connectivity index (χ0) is 36.2. The first kappa shape index (κ1) is 35.8. The van der Waals surface area contributed by atoms with Crippen molar-refractivity contribution in [3.8, 4) is 17.2 Å². The van der Waals surface area contributed by atoms with E-state index >= 15 is 0 Å². The fraction of sp³-hybridized carbons (Fsp3) is 0.452. The van der Waals surface area contributed by atoms with Gasteiger partial charge in [0.25, 0.3) is 0 Å². The molecule has 0 spiro atoms. The van der Waals surface area contributed by atoms with Gasteiger partial charge in [-0.2, -0.15) is 18.7 Å². The molecule has 2 aliphatic carbocycles. The third-order valence-electron chi connectivity index (χ3n) is 8.82. The normalized spacial score (nSPS) is 24.9. The molecule has 2 aromatic rings. The van der Waals surface area contributed by atoms with Crippen molar-refractivity contribution in [1.29, 1.82) is 0 Å². The lowest BCUT2D eigenvalue weighted by Gasteiger charge is -2.41. The number of carbonyl (C=O) groups excluding carboxylic acids is 5. The fourth-order valence-corrected chi connectivity index (χ4v) is 6.29. The number of aliphatic hydroxyl groups is 1. The molecule has 18 heteroatoms. The van der Waals surface area contributed by atoms with Gasteiger partial charge in [-0.1, -0.05) is 12.1 Å². The highest BCUT2D eigenvalue weighted by Gasteiger charge is 2.50. The monoisotopic (exact) mass is 695 g/mol. The maximum absolute atomic E-state index is 14.1. The molecule has 1 fully saturated rings. The number of hydroxylamine groups is 1. The second-order valence-electron chi connectivity index (χ2n) is 11.9. The number of amides is 1. The zero-order valence-electron chi connectivity index (χ0n) is 26.0. The molecule has 0 bridgehead atoms. The van der Waals surface area contributed by atoms with Gasteiger partial charge in [-0.3, -0.25) is 24.0 Å². The number of halogens is 3. The SMILES string of the molecule is CC(=O)[C@]1(O)Cc2c(O)c3c(c(O)c2[C@@H](OC2CC(NO)C(=O)C(C)O2)C1)C(=O)c1c(OCN(CCN)C(=O)C(F)(F)F)cccc1C3=O. The lowest BCUT2D eigenvalue weighted by Crippen LogP contribution is -2.51. The van der Waals surface area contributed by atoms with E-state index in [1.165, 1.54) is 19.1 Å². The zero-order valence-corrected chi connectivity index (χ0v) is 26.0. The van der Waals surface area contributed by atoms with Crippen LogP contribution in [0.2, 0.25) is 0 Å². The number of phenols is 2. The Morgan fingerprint density at radius 3 is 2.41 bits per heavy atom. The number of fused-ring (bicyclic) bond motifs is 3. The lowest BCUT2D eigenvalue weighted by molar-refractivity contribution is -0.226. The summed E-state index contributed by atoms with van der Waals surface area (Å²) in [5.74, 6) is -7.76. The number of nitrogens with one attached hydrogen (secondary N) is 1. The Morgan fingerprint density at radius 1 is 1.12 bits per heavy atom. The smallest absolute Gasteiger partial charge is 0.471 e. The average Bonchev–Trinajstić information content (AvgIpc) is 3.03. The van der Waals surface area contributed by atoms with E-state index in [1.54, 1.807) is 0 Å². The molecule has 15 nitrogen and oxygen atoms in total. The second kappa shape index (κ2) is 13.1. The Bertz CT molecular complexity index is 1750. The van der Waals surface area contributed by atoms with E-state index in [0.717, 1.165) is 13.0 Å². The highest BCUT2D eigenvalue weighted by atomic mass is 19.4. The highest BCUT2D eigenvalue weighted by molar-refractivity contribution is 6.31. The van der Waals surface area contributed by atoms with Crippen LogP contribution in [0.1, 0.15) is 75.8 Å². The number of benzene rings is 2. The molecule has 1 aliphatic heterocycles. The van der Waals surface area contributed by atoms with Crippen molar-refractivity contribution in [2.75, 3.05) is 19.8 Å². The van der Waals surface area contributed by atoms with Crippen molar-refractivity contribution in [3.05, 3.63) is 51.6 Å². The number of phenolic OH excluding ortho intramolecular Hbond substituents is 2. The summed E-state index contributed by atoms with van der Waals surface area (Å²) >= 11 is 0. The summed E-state index contributed by atoms with van der Waals surface area (Å²) in [5.41, 5.74) is 2.19. The average molecular weight is 696 g/mol. The standard InChI is InChI=1S/C31H32F3N3O12/c1-12-24(39)16(36-46)8-19(48-12)49-18-10-30(45,13(2)38)9-15-21(18)28(43)23-22(26(15)41)25(40)14-4-3-5-17(20(14)27(23)42)47-11-37(7-6-35)29(44)31(32,33)34/h3-5,12,16,18-19,36,41,43,45-46H,6-11,35H2,1-2H3/t12?,16?,18-,19?,30-/m0/s1. The molecule has 1 amide bonds. The van der Waals surface area contributed by atoms with Crippen LogP contribution in [-0.4, -0.2) is 105 Å². The van der Waals surface area contributed by atoms with Crippen molar-refractivity contribution in [3.63, 3.8) is 0 Å². The molecule has 1 heterocycles. The molecule has 5 atom stereocenters. The maximum atomic E-state index is 14.1. The fourth-order valence-electron chi connectivity index (χ4n) is 6.29. The van der Waals surface area contributed by atoms with Crippen LogP contribution < -0.4 is 16.0 Å². The van der Waals surface area contributed by atoms with Gasteiger partial charge in [0, 0.05) is 49.0 Å². The predicted octanol–water partition coefficient (Wildman–Crippen LogP) is 0.935. The summed E-state index contributed by atoms with van der Waals surface area (Å²) in [6.07, 6.45) is -10.5. The van der Waals surface area contributed by atoms with Gasteiger partial charge in [-0.05, 0) is 19.9 Å². The van der Waals surface area contributed by atoms with Crippen LogP contribution in [0.25, 0.3) is 0 Å². The first-order valence-electron chi connectivity index (χ1n) is 14.9. The van der Waals surface area contributed by atoms with E-state index in [2.05, 4.69) is 0 Å². The van der Waals surface area contributed by atoms with E-state index in [1.807, 2.05) is 5.48 Å². The molecule has 2 aromatic carbocycles. The number of Topliss-reactive ketones (excluding diaryl/α,β-unsaturated/α-hetero) is 2. The molecule has 264 valence electrons. The summed E-state index contributed by atoms with van der Waals surface area (Å²) in [6.45, 7) is 0.516. The Kier molecular flexibility index (Phi) is 9.58. The Balaban J connectivity index is 1.59. The third kappa shape index (κ3) is 6.26. The number of ether oxygens (including phenoxy) is 3. The van der Waals surface area contributed by atoms with Crippen molar-refractivity contribution >= 4 is 29.0 Å². The maximum Gasteiger partial charge on any atom is 0.471 e. The van der Waals surface area contributed by atoms with Crippen LogP contribution in [0.4, 0.5) is 13.2 Å². The first-order valence-corrected chi connectivity index (χ1v) is 14.9. The van der Waals surface area contributed by atoms with Crippen molar-refractivity contribution in [1.82, 2.24) is 10.4 Å². The lowest BCUT2D eigenvalue weighted by atomic mass is 9.72. The van der Waals surface area contributed by atoms with Gasteiger partial charge in [0.05, 0.1) is 28.8 Å². The van der Waals surface area contributed by atoms with Crippen LogP contribution in [0, 0.1) is 0 Å². The topological polar surface area (TPSA) is 235 Å². The van der Waals surface area contributed by atoms with Crippen LogP contribution in [0.15, 0.2) is 18.2 Å². The number of aromatic hydroxyl groups is 2. The number of nitrogens with two attached hydrogens (primary N) is 1. The van der Waals surface area contributed by atoms with Crippen molar-refractivity contribution < 1.29 is 71.9 Å². The molecular formula is C31H32F3N3O12. The number of hydrogen-bond donors (Lipinski definition) is 6. The van der Waals surface area contributed by atoms with Crippen LogP contribution in [0.3, 0.4) is 0 Å². The molecule has 0 radical (unpaired) electrons. The predicted molar refractivity (Wildman–Crippen MR) is 156 cm³/mol. The van der Waals surface area contributed by atoms with Gasteiger partial charge in [-0.25, -0.2) is 0 Å². The number of carbonyl (C=O) groups is 5. The van der Waals surface area contributed by atoms with Crippen LogP contribution in [0.5, 0.6) is 17.2 Å². The molecule has 5 rings (SSSR count). The van der Waals surface area contributed by atoms with E-state index in [4.69, 9.17) is 19.9 Å². The Labute approximate surface area is 275 Å². The van der Waals surface area contributed by atoms with Gasteiger partial charge in [0.15, 0.2) is 30.4 Å². The van der Waals surface area contributed by atoms with E-state index in [0.29, 0.717) is 0 Å². The highest BCUT2D eigenvalue weighted by Crippen LogP contribution is 2.52. The molecule has 7 N–H and O–H groups in total. The summed E-state index contributed by atoms with van der Waals surface area (Å²) < 4.78 is 56.5. The van der Waals surface area contributed by atoms with E-state index in [-0.39, 0.29) is 34.6 Å². The largest absolute Gasteiger partial charge is 0.507 e. The molecule has 0 aromatic heterocycles. The number of ketones is 4. The van der Waals surface area contributed by atoms with E-state index < -0.39 is 125 Å². The summed E-state index contributed by atoms with van der Waals surface area (Å²) in [6, 6.07) is 2.43. The summed E-state index contributed by atoms with van der Waals surface area (Å²) in [7, 11) is 0. The van der Waals surface area contributed by atoms with Crippen LogP contribution in [-0.2, 0) is 30.3 Å². The van der Waals surface area contributed by atoms with E-state index in [9.17, 15) is 57.7 Å². The van der Waals surface area contributed by atoms with Gasteiger partial charge in [0.2, 0.25) is 5.78 Å². The minimum Gasteiger partial charge on any atom is -0.507 e. The molecule has 3 unspecified atom stereocenters. The van der Waals surface area contributed by atoms with Crippen molar-refractivity contribution in [2.24, 2.45) is 5.73 Å². The van der Waals surface area contributed by atoms with Gasteiger partial charge in [-0.15, -0.1) is 0 Å². The number of rotatable bonds is 9. The quantitative estimate of drug-likeness (QED) is 0.104. The molecule has 1 saturated heterocycles. The Morgan fingerprint density at radius 2 is 1.80 bits per heavy atom. The summed E-state index contributed by atoms with van der Waals surface area (Å²) in [5, 5.41) is 43.9. The number of hydrogen-bond acceptors (Lipinski definition) is 14. The number of nitrogens with zero attached hydrogens (tertiary/aromatic N) is 1. The minimum absolute atomic E-state index is 0.249. The summed E-state index contributed by atoms with van der Waals surface area (Å²) in [4.78, 5) is 65.0. The van der Waals surface area contributed by atoms with Crippen LogP contribution >= 0.6 is 0 Å². The van der Waals surface area contributed by atoms with Gasteiger partial charge >= 0.3 is 12.1 Å². The van der Waals surface area contributed by atoms with Crippen molar-refractivity contribution in [2.45, 2.75) is 69.4 Å². The number of alkyl halides is 3. The Hall–Kier alpha value is -4.46. The first-order chi connectivity index (χ1) is 22.9. The van der Waals surface area contributed by atoms with Gasteiger partial charge in [0.1, 0.15) is 29.0 Å².